The topological polar surface area (TPSA) is 11.4 Å². The molecule has 0 bridgehead atoms. The van der Waals surface area contributed by atoms with Crippen LogP contribution in [-0.2, 0) is 5.41 Å². The molecule has 2 aliphatic heterocycles. The van der Waals surface area contributed by atoms with Crippen LogP contribution in [0.4, 0.5) is 34.1 Å². The van der Waals surface area contributed by atoms with E-state index in [-0.39, 0.29) is 6.71 Å². The van der Waals surface area contributed by atoms with Crippen molar-refractivity contribution in [2.75, 3.05) is 9.80 Å². The van der Waals surface area contributed by atoms with Crippen molar-refractivity contribution in [3.05, 3.63) is 326 Å². The lowest BCUT2D eigenvalue weighted by atomic mass is 9.33. The number of nitrogens with zero attached hydrogens (tertiary/aromatic N) is 3. The molecule has 18 rings (SSSR count). The first kappa shape index (κ1) is 46.1. The summed E-state index contributed by atoms with van der Waals surface area (Å²) in [5.74, 6) is 0. The molecule has 1 spiro atoms. The van der Waals surface area contributed by atoms with E-state index in [1.807, 2.05) is 0 Å². The molecule has 4 heteroatoms. The Bertz CT molecular complexity index is 4870. The van der Waals surface area contributed by atoms with Gasteiger partial charge in [0.25, 0.3) is 6.71 Å². The van der Waals surface area contributed by atoms with Crippen LogP contribution in [0.2, 0.25) is 0 Å². The number of hydrogen-bond acceptors (Lipinski definition) is 2. The van der Waals surface area contributed by atoms with Crippen LogP contribution >= 0.6 is 0 Å². The van der Waals surface area contributed by atoms with Gasteiger partial charge in [0, 0.05) is 50.5 Å². The fourth-order valence-electron chi connectivity index (χ4n) is 15.2. The van der Waals surface area contributed by atoms with Gasteiger partial charge in [0.2, 0.25) is 0 Å². The van der Waals surface area contributed by atoms with Crippen LogP contribution < -0.4 is 26.2 Å². The number of aromatic nitrogens is 1. The third-order valence-corrected chi connectivity index (χ3v) is 18.6. The lowest BCUT2D eigenvalue weighted by Gasteiger charge is -2.45. The number of hydrogen-bond donors (Lipinski definition) is 0. The van der Waals surface area contributed by atoms with Gasteiger partial charge >= 0.3 is 0 Å². The molecule has 83 heavy (non-hydrogen) atoms. The molecule has 0 unspecified atom stereocenters. The number of benzene rings is 13. The maximum absolute atomic E-state index is 2.68. The molecule has 0 amide bonds. The van der Waals surface area contributed by atoms with Crippen LogP contribution in [0.5, 0.6) is 0 Å². The van der Waals surface area contributed by atoms with Crippen LogP contribution in [-0.4, -0.2) is 11.3 Å². The zero-order valence-electron chi connectivity index (χ0n) is 45.3. The zero-order chi connectivity index (χ0) is 54.3. The lowest BCUT2D eigenvalue weighted by molar-refractivity contribution is 0.793. The predicted molar refractivity (Wildman–Crippen MR) is 347 cm³/mol. The van der Waals surface area contributed by atoms with Gasteiger partial charge in [0.05, 0.1) is 22.1 Å². The van der Waals surface area contributed by atoms with Crippen LogP contribution in [0.1, 0.15) is 22.3 Å². The fourth-order valence-corrected chi connectivity index (χ4v) is 15.2. The van der Waals surface area contributed by atoms with E-state index in [1.54, 1.807) is 0 Å². The van der Waals surface area contributed by atoms with E-state index < -0.39 is 5.41 Å². The van der Waals surface area contributed by atoms with Gasteiger partial charge in [-0.15, -0.1) is 0 Å². The van der Waals surface area contributed by atoms with E-state index in [0.717, 1.165) is 28.3 Å². The van der Waals surface area contributed by atoms with Gasteiger partial charge in [-0.05, 0) is 149 Å². The van der Waals surface area contributed by atoms with E-state index in [1.165, 1.54) is 128 Å². The Kier molecular flexibility index (Phi) is 9.81. The van der Waals surface area contributed by atoms with Crippen molar-refractivity contribution in [3.63, 3.8) is 0 Å². The summed E-state index contributed by atoms with van der Waals surface area (Å²) in [6.45, 7) is -0.141. The summed E-state index contributed by atoms with van der Waals surface area (Å²) in [7, 11) is 0. The van der Waals surface area contributed by atoms with Crippen LogP contribution in [0.3, 0.4) is 0 Å². The van der Waals surface area contributed by atoms with Crippen molar-refractivity contribution in [1.29, 1.82) is 0 Å². The first-order valence-electron chi connectivity index (χ1n) is 28.9. The fraction of sp³-hybridized carbons (Fsp3) is 0.0127. The molecule has 1 aromatic heterocycles. The highest BCUT2D eigenvalue weighted by Gasteiger charge is 2.54. The Hall–Kier alpha value is -10.7. The van der Waals surface area contributed by atoms with Crippen molar-refractivity contribution in [1.82, 2.24) is 4.57 Å². The molecule has 384 valence electrons. The molecule has 14 aromatic rings. The van der Waals surface area contributed by atoms with Gasteiger partial charge < -0.3 is 14.4 Å². The summed E-state index contributed by atoms with van der Waals surface area (Å²) < 4.78 is 2.47. The minimum atomic E-state index is -0.587. The second-order valence-electron chi connectivity index (χ2n) is 22.6. The van der Waals surface area contributed by atoms with Gasteiger partial charge in [-0.3, -0.25) is 0 Å². The lowest BCUT2D eigenvalue weighted by Crippen LogP contribution is -2.61. The van der Waals surface area contributed by atoms with Crippen LogP contribution in [0.15, 0.2) is 303 Å². The van der Waals surface area contributed by atoms with Crippen molar-refractivity contribution in [2.45, 2.75) is 5.41 Å². The molecular formula is C79H50BN3. The molecule has 13 aromatic carbocycles. The number of fused-ring (bicyclic) bond motifs is 17. The van der Waals surface area contributed by atoms with E-state index in [9.17, 15) is 0 Å². The zero-order valence-corrected chi connectivity index (χ0v) is 45.3. The van der Waals surface area contributed by atoms with Crippen LogP contribution in [0.25, 0.3) is 83.1 Å². The molecule has 2 aliphatic carbocycles. The minimum Gasteiger partial charge on any atom is -0.311 e. The van der Waals surface area contributed by atoms with E-state index in [4.69, 9.17) is 0 Å². The standard InChI is InChI=1S/C79H50BN3/c1-4-21-51(22-5-1)54-39-42-57(43-40-54)81-74-50-58(82-70-36-18-13-30-62(70)63-31-14-19-37-71(63)82)44-45-68(74)80-69-47-55(52-23-6-2-7-24-52)41-46-72(69)83(76-49-56(48-75(81)78(76)80)53-25-8-3-9-26-53)73-38-20-32-64-61-29-12-17-35-67(61)79(77(64)73)65-33-15-10-27-59(65)60-28-11-16-34-66(60)79/h1-50H. The Morgan fingerprint density at radius 1 is 0.265 bits per heavy atom. The highest BCUT2D eigenvalue weighted by Crippen LogP contribution is 2.65. The Labute approximate surface area is 483 Å². The molecule has 0 fully saturated rings. The van der Waals surface area contributed by atoms with E-state index >= 15 is 0 Å². The largest absolute Gasteiger partial charge is 0.311 e. The van der Waals surface area contributed by atoms with Crippen molar-refractivity contribution >= 4 is 79.0 Å². The van der Waals surface area contributed by atoms with E-state index in [2.05, 4.69) is 318 Å². The smallest absolute Gasteiger partial charge is 0.252 e. The summed E-state index contributed by atoms with van der Waals surface area (Å²) >= 11 is 0. The van der Waals surface area contributed by atoms with Gasteiger partial charge in [-0.1, -0.05) is 243 Å². The van der Waals surface area contributed by atoms with Gasteiger partial charge in [-0.25, -0.2) is 0 Å². The quantitative estimate of drug-likeness (QED) is 0.154. The number of para-hydroxylation sites is 2. The summed E-state index contributed by atoms with van der Waals surface area (Å²) in [5.41, 5.74) is 31.2. The third kappa shape index (κ3) is 6.46. The summed E-state index contributed by atoms with van der Waals surface area (Å²) in [6.07, 6.45) is 0. The number of anilines is 6. The normalized spacial score (nSPS) is 13.6. The SMILES string of the molecule is c1ccc(-c2ccc(N3c4cc(-n5c6ccccc6c6ccccc65)ccc4B4c5cc(-c6ccccc6)ccc5N(c5cccc6c5C5(c7ccccc7-c7ccccc75)c5ccccc5-6)c5cc(-c6ccccc6)cc3c54)cc2)cc1. The first-order chi connectivity index (χ1) is 41.2. The van der Waals surface area contributed by atoms with Crippen LogP contribution in [0, 0.1) is 0 Å². The van der Waals surface area contributed by atoms with Gasteiger partial charge in [-0.2, -0.15) is 0 Å². The molecule has 4 aliphatic rings. The molecule has 3 nitrogen and oxygen atoms in total. The summed E-state index contributed by atoms with van der Waals surface area (Å²) in [4.78, 5) is 5.26. The summed E-state index contributed by atoms with van der Waals surface area (Å²) in [5, 5.41) is 2.49. The predicted octanol–water partition coefficient (Wildman–Crippen LogP) is 18.2. The van der Waals surface area contributed by atoms with Crippen molar-refractivity contribution < 1.29 is 0 Å². The third-order valence-electron chi connectivity index (χ3n) is 18.6. The molecular weight excluding hydrogens is 1000 g/mol. The number of rotatable bonds is 6. The molecule has 3 heterocycles. The Morgan fingerprint density at radius 2 is 0.735 bits per heavy atom. The van der Waals surface area contributed by atoms with E-state index in [0.29, 0.717) is 0 Å². The second kappa shape index (κ2) is 17.7. The molecule has 0 saturated heterocycles. The minimum absolute atomic E-state index is 0.141. The average Bonchev–Trinajstić information content (AvgIpc) is 2.00. The van der Waals surface area contributed by atoms with Crippen molar-refractivity contribution in [3.8, 4) is 61.3 Å². The molecule has 0 radical (unpaired) electrons. The molecule has 0 saturated carbocycles. The van der Waals surface area contributed by atoms with Crippen molar-refractivity contribution in [2.24, 2.45) is 0 Å². The maximum Gasteiger partial charge on any atom is 0.252 e. The highest BCUT2D eigenvalue weighted by molar-refractivity contribution is 7.00. The average molecular weight is 1050 g/mol. The Morgan fingerprint density at radius 3 is 1.35 bits per heavy atom. The highest BCUT2D eigenvalue weighted by atomic mass is 15.2. The maximum atomic E-state index is 2.68. The first-order valence-corrected chi connectivity index (χ1v) is 28.9. The molecule has 0 atom stereocenters. The van der Waals surface area contributed by atoms with Gasteiger partial charge in [0.15, 0.2) is 0 Å². The second-order valence-corrected chi connectivity index (χ2v) is 22.6. The Balaban J connectivity index is 0.968. The summed E-state index contributed by atoms with van der Waals surface area (Å²) in [6, 6.07) is 114. The van der Waals surface area contributed by atoms with Gasteiger partial charge in [0.1, 0.15) is 0 Å². The monoisotopic (exact) mass is 1050 g/mol. The molecule has 0 N–H and O–H groups in total.